The van der Waals surface area contributed by atoms with Crippen LogP contribution in [0.5, 0.6) is 0 Å². The Morgan fingerprint density at radius 1 is 0.915 bits per heavy atom. The second-order valence-electron chi connectivity index (χ2n) is 19.6. The van der Waals surface area contributed by atoms with Crippen molar-refractivity contribution in [2.24, 2.45) is 34.5 Å². The lowest BCUT2D eigenvalue weighted by atomic mass is 9.46. The van der Waals surface area contributed by atoms with E-state index in [-0.39, 0.29) is 26.8 Å². The Balaban J connectivity index is 1.47. The number of rotatable bonds is 10. The van der Waals surface area contributed by atoms with E-state index in [2.05, 4.69) is 107 Å². The summed E-state index contributed by atoms with van der Waals surface area (Å²) in [5.74, 6) is 2.35. The molecule has 3 fully saturated rings. The SMILES string of the molecule is COC(=O)O[C@@](C)(/C=C/CCCO[Si](C)(C)C(C)(C)C)[C@H]1CCC2C3CC=C4CC(O[Si](C)(C)C(C)(C)C)CC[C@]4(C)C3CC[C@@]21C. The number of fused-ring (bicyclic) bond motifs is 5. The third kappa shape index (κ3) is 7.73. The zero-order valence-corrected chi connectivity index (χ0v) is 34.9. The Morgan fingerprint density at radius 3 is 2.19 bits per heavy atom. The Kier molecular flexibility index (Phi) is 11.3. The molecule has 4 aliphatic carbocycles. The summed E-state index contributed by atoms with van der Waals surface area (Å²) in [4.78, 5) is 12.7. The van der Waals surface area contributed by atoms with Crippen LogP contribution in [0, 0.1) is 34.5 Å². The van der Waals surface area contributed by atoms with Gasteiger partial charge in [0.05, 0.1) is 7.11 Å². The van der Waals surface area contributed by atoms with Crippen LogP contribution in [0.2, 0.25) is 36.3 Å². The predicted molar refractivity (Wildman–Crippen MR) is 201 cm³/mol. The summed E-state index contributed by atoms with van der Waals surface area (Å²) in [7, 11) is -2.11. The molecule has 0 spiro atoms. The largest absolute Gasteiger partial charge is 0.508 e. The molecule has 0 heterocycles. The van der Waals surface area contributed by atoms with Crippen molar-refractivity contribution in [3.63, 3.8) is 0 Å². The van der Waals surface area contributed by atoms with Crippen molar-refractivity contribution in [2.45, 2.75) is 174 Å². The van der Waals surface area contributed by atoms with E-state index in [1.54, 1.807) is 5.57 Å². The van der Waals surface area contributed by atoms with E-state index in [1.165, 1.54) is 45.6 Å². The summed E-state index contributed by atoms with van der Waals surface area (Å²) in [5.41, 5.74) is 1.41. The molecule has 3 saturated carbocycles. The molecule has 8 atom stereocenters. The maximum absolute atomic E-state index is 12.7. The number of methoxy groups -OCH3 is 1. The molecule has 5 nitrogen and oxygen atoms in total. The monoisotopic (exact) mass is 688 g/mol. The molecule has 4 rings (SSSR count). The third-order valence-electron chi connectivity index (χ3n) is 14.7. The molecule has 0 N–H and O–H groups in total. The number of carbonyl (C=O) groups excluding carboxylic acids is 1. The molecule has 0 aromatic heterocycles. The highest BCUT2D eigenvalue weighted by Crippen LogP contribution is 2.68. The van der Waals surface area contributed by atoms with Crippen molar-refractivity contribution in [1.82, 2.24) is 0 Å². The molecule has 4 aliphatic rings. The summed E-state index contributed by atoms with van der Waals surface area (Å²) in [6.45, 7) is 31.4. The summed E-state index contributed by atoms with van der Waals surface area (Å²) in [6, 6.07) is 0. The lowest BCUT2D eigenvalue weighted by Gasteiger charge is -2.59. The molecule has 47 heavy (non-hydrogen) atoms. The first-order valence-electron chi connectivity index (χ1n) is 19.0. The highest BCUT2D eigenvalue weighted by Gasteiger charge is 2.62. The molecular formula is C40H72O5Si2. The molecule has 0 amide bonds. The van der Waals surface area contributed by atoms with Gasteiger partial charge in [0.25, 0.3) is 0 Å². The van der Waals surface area contributed by atoms with E-state index in [4.69, 9.17) is 18.3 Å². The number of unbranched alkanes of at least 4 members (excludes halogenated alkanes) is 1. The van der Waals surface area contributed by atoms with E-state index >= 15 is 0 Å². The van der Waals surface area contributed by atoms with Gasteiger partial charge in [-0.2, -0.15) is 0 Å². The average Bonchev–Trinajstić information content (AvgIpc) is 3.31. The van der Waals surface area contributed by atoms with Gasteiger partial charge in [-0.15, -0.1) is 0 Å². The fraction of sp³-hybridized carbons (Fsp3) is 0.875. The maximum Gasteiger partial charge on any atom is 0.508 e. The van der Waals surface area contributed by atoms with Crippen LogP contribution < -0.4 is 0 Å². The predicted octanol–water partition coefficient (Wildman–Crippen LogP) is 11.9. The fourth-order valence-electron chi connectivity index (χ4n) is 9.77. The highest BCUT2D eigenvalue weighted by atomic mass is 28.4. The van der Waals surface area contributed by atoms with Crippen molar-refractivity contribution in [2.75, 3.05) is 13.7 Å². The number of allylic oxidation sites excluding steroid dienone is 2. The van der Waals surface area contributed by atoms with Crippen LogP contribution >= 0.6 is 0 Å². The van der Waals surface area contributed by atoms with E-state index in [1.807, 2.05) is 0 Å². The van der Waals surface area contributed by atoms with Crippen LogP contribution in [-0.4, -0.2) is 48.2 Å². The smallest absolute Gasteiger partial charge is 0.438 e. The van der Waals surface area contributed by atoms with Crippen LogP contribution in [0.1, 0.15) is 127 Å². The minimum Gasteiger partial charge on any atom is -0.438 e. The minimum atomic E-state index is -1.79. The molecule has 0 saturated heterocycles. The van der Waals surface area contributed by atoms with Gasteiger partial charge in [0.2, 0.25) is 0 Å². The van der Waals surface area contributed by atoms with E-state index in [9.17, 15) is 4.79 Å². The number of hydrogen-bond acceptors (Lipinski definition) is 5. The first kappa shape index (κ1) is 38.9. The lowest BCUT2D eigenvalue weighted by molar-refractivity contribution is -0.0964. The zero-order chi connectivity index (χ0) is 35.3. The van der Waals surface area contributed by atoms with Crippen LogP contribution in [-0.2, 0) is 18.3 Å². The molecule has 4 unspecified atom stereocenters. The standard InChI is InChI=1S/C40H72O5Si2/c1-36(2,3)46(11,12)43-27-17-15-16-24-40(9,44-35(41)42-10)34-21-20-32-31-19-18-29-28-30(45-47(13,14)37(4,5)6)22-25-38(29,7)33(31)23-26-39(32,34)8/h16,18,24,30-34H,15,17,19-23,25-28H2,1-14H3/b24-16+/t30?,31?,32?,33?,34-,38-,39-,40-/m0/s1. The minimum absolute atomic E-state index is 0.129. The van der Waals surface area contributed by atoms with Gasteiger partial charge in [0.1, 0.15) is 5.60 Å². The van der Waals surface area contributed by atoms with Crippen molar-refractivity contribution < 1.29 is 23.1 Å². The van der Waals surface area contributed by atoms with Crippen LogP contribution in [0.4, 0.5) is 4.79 Å². The Morgan fingerprint density at radius 2 is 1.57 bits per heavy atom. The van der Waals surface area contributed by atoms with Gasteiger partial charge < -0.3 is 18.3 Å². The Bertz CT molecular complexity index is 1180. The number of hydrogen-bond donors (Lipinski definition) is 0. The summed E-state index contributed by atoms with van der Waals surface area (Å²) < 4.78 is 24.7. The average molecular weight is 689 g/mol. The van der Waals surface area contributed by atoms with E-state index in [0.29, 0.717) is 17.9 Å². The first-order chi connectivity index (χ1) is 21.5. The van der Waals surface area contributed by atoms with Gasteiger partial charge in [0.15, 0.2) is 16.6 Å². The lowest BCUT2D eigenvalue weighted by Crippen LogP contribution is -2.54. The Hall–Kier alpha value is -0.896. The third-order valence-corrected chi connectivity index (χ3v) is 23.8. The molecule has 7 heteroatoms. The van der Waals surface area contributed by atoms with Crippen LogP contribution in [0.3, 0.4) is 0 Å². The topological polar surface area (TPSA) is 54.0 Å². The van der Waals surface area contributed by atoms with Gasteiger partial charge in [-0.3, -0.25) is 0 Å². The summed E-state index contributed by atoms with van der Waals surface area (Å²) >= 11 is 0. The summed E-state index contributed by atoms with van der Waals surface area (Å²) in [5, 5.41) is 0.460. The second kappa shape index (κ2) is 13.7. The quantitative estimate of drug-likeness (QED) is 0.0989. The van der Waals surface area contributed by atoms with Crippen LogP contribution in [0.15, 0.2) is 23.8 Å². The molecule has 0 aliphatic heterocycles. The van der Waals surface area contributed by atoms with Gasteiger partial charge in [-0.05, 0) is 142 Å². The molecule has 270 valence electrons. The van der Waals surface area contributed by atoms with Crippen molar-refractivity contribution in [1.29, 1.82) is 0 Å². The van der Waals surface area contributed by atoms with Gasteiger partial charge in [-0.25, -0.2) is 4.79 Å². The molecule has 0 radical (unpaired) electrons. The zero-order valence-electron chi connectivity index (χ0n) is 32.9. The maximum atomic E-state index is 12.7. The van der Waals surface area contributed by atoms with Crippen molar-refractivity contribution in [3.8, 4) is 0 Å². The second-order valence-corrected chi connectivity index (χ2v) is 29.1. The van der Waals surface area contributed by atoms with Gasteiger partial charge in [0, 0.05) is 18.6 Å². The van der Waals surface area contributed by atoms with Crippen molar-refractivity contribution in [3.05, 3.63) is 23.8 Å². The van der Waals surface area contributed by atoms with Crippen molar-refractivity contribution >= 4 is 22.8 Å². The number of ether oxygens (including phenoxy) is 2. The molecule has 0 aromatic rings. The molecule has 0 aromatic carbocycles. The Labute approximate surface area is 291 Å². The van der Waals surface area contributed by atoms with E-state index < -0.39 is 28.4 Å². The van der Waals surface area contributed by atoms with Crippen LogP contribution in [0.25, 0.3) is 0 Å². The van der Waals surface area contributed by atoms with Gasteiger partial charge >= 0.3 is 6.16 Å². The first-order valence-corrected chi connectivity index (χ1v) is 24.8. The normalized spacial score (nSPS) is 34.6. The highest BCUT2D eigenvalue weighted by molar-refractivity contribution is 6.74. The number of carbonyl (C=O) groups is 1. The summed E-state index contributed by atoms with van der Waals surface area (Å²) in [6.07, 6.45) is 18.3. The van der Waals surface area contributed by atoms with E-state index in [0.717, 1.165) is 38.2 Å². The van der Waals surface area contributed by atoms with Gasteiger partial charge in [-0.1, -0.05) is 73.1 Å². The molecule has 0 bridgehead atoms. The molecular weight excluding hydrogens is 617 g/mol. The fourth-order valence-corrected chi connectivity index (χ4v) is 12.2.